The molecule has 1 unspecified atom stereocenters. The van der Waals surface area contributed by atoms with E-state index in [0.717, 1.165) is 19.4 Å². The van der Waals surface area contributed by atoms with Crippen LogP contribution in [0.1, 0.15) is 28.8 Å². The first kappa shape index (κ1) is 17.3. The number of rotatable bonds is 5. The number of carbonyl (C=O) groups excluding carboxylic acids is 1. The minimum absolute atomic E-state index is 0.0188. The smallest absolute Gasteiger partial charge is 0.257 e. The van der Waals surface area contributed by atoms with Crippen molar-refractivity contribution in [3.63, 3.8) is 0 Å². The van der Waals surface area contributed by atoms with Gasteiger partial charge in [0.15, 0.2) is 5.82 Å². The van der Waals surface area contributed by atoms with Crippen molar-refractivity contribution in [3.05, 3.63) is 53.7 Å². The molecular weight excluding hydrogens is 351 g/mol. The number of tetrazole rings is 1. The Balaban J connectivity index is 1.40. The van der Waals surface area contributed by atoms with Gasteiger partial charge in [0.2, 0.25) is 0 Å². The highest BCUT2D eigenvalue weighted by atomic mass is 19.1. The van der Waals surface area contributed by atoms with Gasteiger partial charge in [0, 0.05) is 24.7 Å². The van der Waals surface area contributed by atoms with Crippen LogP contribution in [0.4, 0.5) is 4.39 Å². The van der Waals surface area contributed by atoms with Crippen molar-refractivity contribution in [2.24, 2.45) is 0 Å². The van der Waals surface area contributed by atoms with E-state index in [0.29, 0.717) is 30.0 Å². The third-order valence-corrected chi connectivity index (χ3v) is 4.63. The highest BCUT2D eigenvalue weighted by Gasteiger charge is 2.24. The SMILES string of the molecule is O=C(NC1CCCN(Cc2ccccc2F)C1)c1cn[nH]c1-n1cnnn1. The van der Waals surface area contributed by atoms with Crippen molar-refractivity contribution in [2.75, 3.05) is 13.1 Å². The molecule has 0 saturated carbocycles. The Morgan fingerprint density at radius 3 is 3.07 bits per heavy atom. The van der Waals surface area contributed by atoms with Crippen LogP contribution in [0.15, 0.2) is 36.8 Å². The lowest BCUT2D eigenvalue weighted by molar-refractivity contribution is 0.0900. The summed E-state index contributed by atoms with van der Waals surface area (Å²) in [5, 5.41) is 20.6. The number of halogens is 1. The van der Waals surface area contributed by atoms with Crippen LogP contribution in [0.2, 0.25) is 0 Å². The molecule has 9 nitrogen and oxygen atoms in total. The van der Waals surface area contributed by atoms with Gasteiger partial charge in [-0.3, -0.25) is 14.8 Å². The first-order chi connectivity index (χ1) is 13.2. The highest BCUT2D eigenvalue weighted by molar-refractivity contribution is 5.97. The minimum atomic E-state index is -0.244. The van der Waals surface area contributed by atoms with Crippen molar-refractivity contribution < 1.29 is 9.18 Å². The molecule has 0 aliphatic carbocycles. The summed E-state index contributed by atoms with van der Waals surface area (Å²) < 4.78 is 15.2. The van der Waals surface area contributed by atoms with Crippen molar-refractivity contribution >= 4 is 5.91 Å². The molecule has 1 fully saturated rings. The molecular formula is C17H19FN8O. The summed E-state index contributed by atoms with van der Waals surface area (Å²) in [4.78, 5) is 14.8. The van der Waals surface area contributed by atoms with Gasteiger partial charge in [0.25, 0.3) is 5.91 Å². The molecule has 1 aromatic carbocycles. The summed E-state index contributed by atoms with van der Waals surface area (Å²) in [6.45, 7) is 2.07. The third-order valence-electron chi connectivity index (χ3n) is 4.63. The van der Waals surface area contributed by atoms with Crippen LogP contribution >= 0.6 is 0 Å². The zero-order valence-electron chi connectivity index (χ0n) is 14.5. The monoisotopic (exact) mass is 370 g/mol. The van der Waals surface area contributed by atoms with Gasteiger partial charge >= 0.3 is 0 Å². The molecule has 2 N–H and O–H groups in total. The summed E-state index contributed by atoms with van der Waals surface area (Å²) in [5.74, 6) is -0.0309. The largest absolute Gasteiger partial charge is 0.348 e. The van der Waals surface area contributed by atoms with E-state index in [4.69, 9.17) is 0 Å². The van der Waals surface area contributed by atoms with Gasteiger partial charge in [-0.25, -0.2) is 4.39 Å². The number of carbonyl (C=O) groups is 1. The van der Waals surface area contributed by atoms with Crippen LogP contribution in [-0.4, -0.2) is 60.3 Å². The van der Waals surface area contributed by atoms with Crippen LogP contribution in [0, 0.1) is 5.82 Å². The number of benzene rings is 1. The maximum atomic E-state index is 13.9. The lowest BCUT2D eigenvalue weighted by atomic mass is 10.0. The van der Waals surface area contributed by atoms with Gasteiger partial charge in [-0.1, -0.05) is 18.2 Å². The van der Waals surface area contributed by atoms with Gasteiger partial charge in [0.05, 0.1) is 6.20 Å². The van der Waals surface area contributed by atoms with Crippen LogP contribution in [-0.2, 0) is 6.54 Å². The van der Waals surface area contributed by atoms with Crippen LogP contribution in [0.25, 0.3) is 5.82 Å². The van der Waals surface area contributed by atoms with E-state index in [1.807, 2.05) is 6.07 Å². The summed E-state index contributed by atoms with van der Waals surface area (Å²) in [5.41, 5.74) is 1.04. The summed E-state index contributed by atoms with van der Waals surface area (Å²) in [6.07, 6.45) is 4.65. The number of hydrogen-bond acceptors (Lipinski definition) is 6. The number of aromatic nitrogens is 6. The second kappa shape index (κ2) is 7.62. The molecule has 0 bridgehead atoms. The van der Waals surface area contributed by atoms with Crippen molar-refractivity contribution in [1.29, 1.82) is 0 Å². The summed E-state index contributed by atoms with van der Waals surface area (Å²) >= 11 is 0. The van der Waals surface area contributed by atoms with E-state index < -0.39 is 0 Å². The molecule has 1 amide bonds. The normalized spacial score (nSPS) is 17.7. The molecule has 1 aliphatic heterocycles. The Hall–Kier alpha value is -3.14. The number of piperidine rings is 1. The Bertz CT molecular complexity index is 909. The van der Waals surface area contributed by atoms with Crippen LogP contribution in [0.5, 0.6) is 0 Å². The van der Waals surface area contributed by atoms with E-state index in [-0.39, 0.29) is 17.8 Å². The van der Waals surface area contributed by atoms with E-state index in [9.17, 15) is 9.18 Å². The van der Waals surface area contributed by atoms with Gasteiger partial charge in [-0.2, -0.15) is 9.78 Å². The molecule has 3 heterocycles. The molecule has 1 aliphatic rings. The number of likely N-dealkylation sites (tertiary alicyclic amines) is 1. The van der Waals surface area contributed by atoms with E-state index in [1.54, 1.807) is 12.1 Å². The fourth-order valence-corrected chi connectivity index (χ4v) is 3.33. The number of hydrogen-bond donors (Lipinski definition) is 2. The Labute approximate surface area is 154 Å². The van der Waals surface area contributed by atoms with Gasteiger partial charge < -0.3 is 5.32 Å². The molecule has 1 atom stereocenters. The van der Waals surface area contributed by atoms with Gasteiger partial charge in [-0.15, -0.1) is 5.10 Å². The average molecular weight is 370 g/mol. The maximum absolute atomic E-state index is 13.9. The second-order valence-electron chi connectivity index (χ2n) is 6.53. The van der Waals surface area contributed by atoms with Crippen LogP contribution in [0.3, 0.4) is 0 Å². The topological polar surface area (TPSA) is 105 Å². The molecule has 2 aromatic heterocycles. The fraction of sp³-hybridized carbons (Fsp3) is 0.353. The number of aromatic amines is 1. The van der Waals surface area contributed by atoms with Crippen molar-refractivity contribution in [1.82, 2.24) is 40.6 Å². The van der Waals surface area contributed by atoms with Crippen molar-refractivity contribution in [2.45, 2.75) is 25.4 Å². The molecule has 1 saturated heterocycles. The molecule has 140 valence electrons. The highest BCUT2D eigenvalue weighted by Crippen LogP contribution is 2.17. The standard InChI is InChI=1S/C17H19FN8O/c18-15-6-2-1-4-12(15)9-25-7-3-5-13(10-25)21-17(27)14-8-19-22-16(14)26-11-20-23-24-26/h1-2,4,6,8,11,13H,3,5,7,9-10H2,(H,19,22)(H,21,27). The number of nitrogens with zero attached hydrogens (tertiary/aromatic N) is 6. The predicted octanol–water partition coefficient (Wildman–Crippen LogP) is 0.919. The maximum Gasteiger partial charge on any atom is 0.257 e. The number of H-pyrrole nitrogens is 1. The van der Waals surface area contributed by atoms with Crippen molar-refractivity contribution in [3.8, 4) is 5.82 Å². The van der Waals surface area contributed by atoms with Crippen LogP contribution < -0.4 is 5.32 Å². The second-order valence-corrected chi connectivity index (χ2v) is 6.53. The van der Waals surface area contributed by atoms with E-state index >= 15 is 0 Å². The van der Waals surface area contributed by atoms with E-state index in [2.05, 4.69) is 35.9 Å². The summed E-state index contributed by atoms with van der Waals surface area (Å²) in [7, 11) is 0. The Morgan fingerprint density at radius 1 is 1.37 bits per heavy atom. The lowest BCUT2D eigenvalue weighted by Gasteiger charge is -2.33. The lowest BCUT2D eigenvalue weighted by Crippen LogP contribution is -2.47. The quantitative estimate of drug-likeness (QED) is 0.692. The Kier molecular flexibility index (Phi) is 4.88. The number of nitrogens with one attached hydrogen (secondary N) is 2. The third kappa shape index (κ3) is 3.85. The van der Waals surface area contributed by atoms with Gasteiger partial charge in [0.1, 0.15) is 17.7 Å². The molecule has 0 spiro atoms. The molecule has 27 heavy (non-hydrogen) atoms. The van der Waals surface area contributed by atoms with E-state index in [1.165, 1.54) is 23.3 Å². The Morgan fingerprint density at radius 2 is 2.26 bits per heavy atom. The number of amides is 1. The van der Waals surface area contributed by atoms with Gasteiger partial charge in [-0.05, 0) is 35.9 Å². The fourth-order valence-electron chi connectivity index (χ4n) is 3.33. The average Bonchev–Trinajstić information content (AvgIpc) is 3.35. The predicted molar refractivity (Wildman–Crippen MR) is 93.5 cm³/mol. The molecule has 0 radical (unpaired) electrons. The first-order valence-corrected chi connectivity index (χ1v) is 8.74. The minimum Gasteiger partial charge on any atom is -0.348 e. The zero-order valence-corrected chi connectivity index (χ0v) is 14.5. The molecule has 10 heteroatoms. The first-order valence-electron chi connectivity index (χ1n) is 8.74. The molecule has 4 rings (SSSR count). The molecule has 3 aromatic rings. The summed E-state index contributed by atoms with van der Waals surface area (Å²) in [6, 6.07) is 6.76. The zero-order chi connectivity index (χ0) is 18.6.